The van der Waals surface area contributed by atoms with Crippen molar-refractivity contribution in [2.24, 2.45) is 0 Å². The highest BCUT2D eigenvalue weighted by molar-refractivity contribution is 5.94. The molecule has 0 saturated carbocycles. The maximum Gasteiger partial charge on any atom is 0.338 e. The van der Waals surface area contributed by atoms with Gasteiger partial charge in [0.25, 0.3) is 11.8 Å². The number of methoxy groups -OCH3 is 2. The standard InChI is InChI=1S/C20H28N2O8/c1-13(9-27-3)21-17(23)11-29-19(25)15-5-7-16(8-6-15)20(26)30-12-18(24)22-14(2)10-28-4/h5-8,13-14H,9-12H2,1-4H3,(H,21,23)(H,22,24). The van der Waals surface area contributed by atoms with Crippen LogP contribution in [0.5, 0.6) is 0 Å². The molecular weight excluding hydrogens is 396 g/mol. The first kappa shape index (κ1) is 25.1. The van der Waals surface area contributed by atoms with Gasteiger partial charge in [0, 0.05) is 26.3 Å². The van der Waals surface area contributed by atoms with E-state index < -0.39 is 37.0 Å². The second-order valence-corrected chi connectivity index (χ2v) is 6.58. The van der Waals surface area contributed by atoms with Gasteiger partial charge in [0.2, 0.25) is 0 Å². The maximum absolute atomic E-state index is 12.0. The fraction of sp³-hybridized carbons (Fsp3) is 0.500. The van der Waals surface area contributed by atoms with Crippen LogP contribution in [-0.2, 0) is 28.5 Å². The molecule has 1 rings (SSSR count). The molecule has 0 radical (unpaired) electrons. The SMILES string of the molecule is COCC(C)NC(=O)COC(=O)c1ccc(C(=O)OCC(=O)NC(C)COC)cc1. The third kappa shape index (κ3) is 9.48. The lowest BCUT2D eigenvalue weighted by Crippen LogP contribution is -2.38. The Balaban J connectivity index is 2.46. The minimum Gasteiger partial charge on any atom is -0.452 e. The molecule has 0 heterocycles. The average Bonchev–Trinajstić information content (AvgIpc) is 2.70. The van der Waals surface area contributed by atoms with Crippen LogP contribution in [0.25, 0.3) is 0 Å². The van der Waals surface area contributed by atoms with Gasteiger partial charge >= 0.3 is 11.9 Å². The molecule has 166 valence electrons. The van der Waals surface area contributed by atoms with Crippen LogP contribution < -0.4 is 10.6 Å². The molecule has 2 amide bonds. The number of carbonyl (C=O) groups excluding carboxylic acids is 4. The molecule has 0 aliphatic heterocycles. The molecule has 0 aromatic heterocycles. The number of amides is 2. The number of hydrogen-bond donors (Lipinski definition) is 2. The summed E-state index contributed by atoms with van der Waals surface area (Å²) in [5.74, 6) is -2.33. The number of benzene rings is 1. The lowest BCUT2D eigenvalue weighted by atomic mass is 10.1. The minimum absolute atomic E-state index is 0.162. The Hall–Kier alpha value is -2.98. The molecule has 2 atom stereocenters. The van der Waals surface area contributed by atoms with E-state index in [0.717, 1.165) is 0 Å². The molecule has 0 aliphatic carbocycles. The molecule has 0 bridgehead atoms. The Morgan fingerprint density at radius 3 is 1.37 bits per heavy atom. The summed E-state index contributed by atoms with van der Waals surface area (Å²) >= 11 is 0. The maximum atomic E-state index is 12.0. The first-order valence-corrected chi connectivity index (χ1v) is 9.27. The highest BCUT2D eigenvalue weighted by Crippen LogP contribution is 2.07. The fourth-order valence-electron chi connectivity index (χ4n) is 2.39. The van der Waals surface area contributed by atoms with Gasteiger partial charge in [-0.15, -0.1) is 0 Å². The predicted molar refractivity (Wildman–Crippen MR) is 106 cm³/mol. The van der Waals surface area contributed by atoms with E-state index in [1.54, 1.807) is 13.8 Å². The predicted octanol–water partition coefficient (Wildman–Crippen LogP) is 0.302. The fourth-order valence-corrected chi connectivity index (χ4v) is 2.39. The Kier molecular flexibility index (Phi) is 11.1. The summed E-state index contributed by atoms with van der Waals surface area (Å²) in [7, 11) is 3.03. The van der Waals surface area contributed by atoms with Crippen LogP contribution in [0.3, 0.4) is 0 Å². The first-order valence-electron chi connectivity index (χ1n) is 9.27. The van der Waals surface area contributed by atoms with E-state index in [0.29, 0.717) is 13.2 Å². The zero-order chi connectivity index (χ0) is 22.5. The Bertz CT molecular complexity index is 659. The molecule has 0 spiro atoms. The quantitative estimate of drug-likeness (QED) is 0.459. The summed E-state index contributed by atoms with van der Waals surface area (Å²) in [4.78, 5) is 47.4. The monoisotopic (exact) mass is 424 g/mol. The topological polar surface area (TPSA) is 129 Å². The molecule has 1 aromatic rings. The summed E-state index contributed by atoms with van der Waals surface area (Å²) in [5, 5.41) is 5.22. The third-order valence-electron chi connectivity index (χ3n) is 3.67. The molecule has 0 aliphatic rings. The zero-order valence-corrected chi connectivity index (χ0v) is 17.6. The molecule has 10 nitrogen and oxygen atoms in total. The van der Waals surface area contributed by atoms with Gasteiger partial charge < -0.3 is 29.6 Å². The lowest BCUT2D eigenvalue weighted by Gasteiger charge is -2.13. The van der Waals surface area contributed by atoms with Crippen LogP contribution in [0.15, 0.2) is 24.3 Å². The van der Waals surface area contributed by atoms with Gasteiger partial charge in [-0.2, -0.15) is 0 Å². The van der Waals surface area contributed by atoms with E-state index in [1.165, 1.54) is 38.5 Å². The number of carbonyl (C=O) groups is 4. The highest BCUT2D eigenvalue weighted by atomic mass is 16.5. The van der Waals surface area contributed by atoms with Crippen LogP contribution in [-0.4, -0.2) is 76.5 Å². The van der Waals surface area contributed by atoms with Gasteiger partial charge in [-0.05, 0) is 38.1 Å². The van der Waals surface area contributed by atoms with Crippen molar-refractivity contribution >= 4 is 23.8 Å². The number of hydrogen-bond acceptors (Lipinski definition) is 8. The summed E-state index contributed by atoms with van der Waals surface area (Å²) in [6.45, 7) is 3.31. The van der Waals surface area contributed by atoms with E-state index in [9.17, 15) is 19.2 Å². The van der Waals surface area contributed by atoms with Crippen LogP contribution in [0, 0.1) is 0 Å². The second kappa shape index (κ2) is 13.3. The van der Waals surface area contributed by atoms with Crippen molar-refractivity contribution < 1.29 is 38.1 Å². The van der Waals surface area contributed by atoms with Crippen LogP contribution in [0.1, 0.15) is 34.6 Å². The molecule has 0 saturated heterocycles. The molecular formula is C20H28N2O8. The number of rotatable bonds is 12. The summed E-state index contributed by atoms with van der Waals surface area (Å²) in [5.41, 5.74) is 0.325. The largest absolute Gasteiger partial charge is 0.452 e. The number of esters is 2. The van der Waals surface area contributed by atoms with Gasteiger partial charge in [-0.25, -0.2) is 9.59 Å². The van der Waals surface area contributed by atoms with Gasteiger partial charge in [-0.3, -0.25) is 9.59 Å². The van der Waals surface area contributed by atoms with Gasteiger partial charge in [0.05, 0.1) is 24.3 Å². The summed E-state index contributed by atoms with van der Waals surface area (Å²) < 4.78 is 19.7. The second-order valence-electron chi connectivity index (χ2n) is 6.58. The van der Waals surface area contributed by atoms with Crippen molar-refractivity contribution in [1.82, 2.24) is 10.6 Å². The van der Waals surface area contributed by atoms with Crippen LogP contribution in [0.2, 0.25) is 0 Å². The van der Waals surface area contributed by atoms with Crippen molar-refractivity contribution in [2.45, 2.75) is 25.9 Å². The van der Waals surface area contributed by atoms with E-state index in [-0.39, 0.29) is 23.2 Å². The molecule has 2 unspecified atom stereocenters. The van der Waals surface area contributed by atoms with Crippen molar-refractivity contribution in [1.29, 1.82) is 0 Å². The molecule has 2 N–H and O–H groups in total. The summed E-state index contributed by atoms with van der Waals surface area (Å²) in [6.07, 6.45) is 0. The van der Waals surface area contributed by atoms with Crippen LogP contribution >= 0.6 is 0 Å². The average molecular weight is 424 g/mol. The van der Waals surface area contributed by atoms with Gasteiger partial charge in [0.1, 0.15) is 0 Å². The molecule has 30 heavy (non-hydrogen) atoms. The van der Waals surface area contributed by atoms with Crippen molar-refractivity contribution in [3.05, 3.63) is 35.4 Å². The first-order chi connectivity index (χ1) is 14.3. The zero-order valence-electron chi connectivity index (χ0n) is 17.6. The third-order valence-corrected chi connectivity index (χ3v) is 3.67. The summed E-state index contributed by atoms with van der Waals surface area (Å²) in [6, 6.07) is 5.04. The minimum atomic E-state index is -0.712. The van der Waals surface area contributed by atoms with E-state index in [4.69, 9.17) is 18.9 Å². The van der Waals surface area contributed by atoms with Gasteiger partial charge in [0.15, 0.2) is 13.2 Å². The lowest BCUT2D eigenvalue weighted by molar-refractivity contribution is -0.125. The normalized spacial score (nSPS) is 12.4. The van der Waals surface area contributed by atoms with Gasteiger partial charge in [-0.1, -0.05) is 0 Å². The molecule has 10 heteroatoms. The highest BCUT2D eigenvalue weighted by Gasteiger charge is 2.15. The molecule has 1 aromatic carbocycles. The van der Waals surface area contributed by atoms with Crippen molar-refractivity contribution in [2.75, 3.05) is 40.6 Å². The Labute approximate surface area is 175 Å². The smallest absolute Gasteiger partial charge is 0.338 e. The molecule has 0 fully saturated rings. The Morgan fingerprint density at radius 2 is 1.07 bits per heavy atom. The van der Waals surface area contributed by atoms with E-state index in [2.05, 4.69) is 10.6 Å². The van der Waals surface area contributed by atoms with E-state index in [1.807, 2.05) is 0 Å². The van der Waals surface area contributed by atoms with Crippen molar-refractivity contribution in [3.8, 4) is 0 Å². The van der Waals surface area contributed by atoms with Crippen LogP contribution in [0.4, 0.5) is 0 Å². The van der Waals surface area contributed by atoms with E-state index >= 15 is 0 Å². The van der Waals surface area contributed by atoms with Crippen molar-refractivity contribution in [3.63, 3.8) is 0 Å². The Morgan fingerprint density at radius 1 is 0.733 bits per heavy atom. The number of nitrogens with one attached hydrogen (secondary N) is 2. The number of ether oxygens (including phenoxy) is 4.